The molecule has 0 heterocycles. The predicted molar refractivity (Wildman–Crippen MR) is 325 cm³/mol. The van der Waals surface area contributed by atoms with Gasteiger partial charge in [0, 0.05) is 19.3 Å². The largest absolute Gasteiger partial charge is 0.462 e. The van der Waals surface area contributed by atoms with E-state index >= 15 is 0 Å². The first-order valence-electron chi connectivity index (χ1n) is 32.8. The van der Waals surface area contributed by atoms with Gasteiger partial charge in [-0.1, -0.05) is 326 Å². The second-order valence-corrected chi connectivity index (χ2v) is 22.0. The third-order valence-corrected chi connectivity index (χ3v) is 14.5. The molecule has 0 aliphatic heterocycles. The Morgan fingerprint density at radius 3 is 0.800 bits per heavy atom. The lowest BCUT2D eigenvalue weighted by Gasteiger charge is -2.18. The Bertz CT molecular complexity index is 1340. The predicted octanol–water partition coefficient (Wildman–Crippen LogP) is 22.3. The van der Waals surface area contributed by atoms with Crippen LogP contribution < -0.4 is 0 Å². The highest BCUT2D eigenvalue weighted by molar-refractivity contribution is 5.71. The summed E-state index contributed by atoms with van der Waals surface area (Å²) in [6.45, 7) is 6.51. The molecule has 0 aliphatic rings. The summed E-state index contributed by atoms with van der Waals surface area (Å²) in [5.74, 6) is -0.937. The van der Waals surface area contributed by atoms with Crippen molar-refractivity contribution in [3.8, 4) is 0 Å². The van der Waals surface area contributed by atoms with Crippen molar-refractivity contribution in [2.75, 3.05) is 13.2 Å². The summed E-state index contributed by atoms with van der Waals surface area (Å²) < 4.78 is 16.8. The van der Waals surface area contributed by atoms with E-state index in [9.17, 15) is 14.4 Å². The Balaban J connectivity index is 4.14. The molecule has 0 aromatic heterocycles. The van der Waals surface area contributed by atoms with Crippen LogP contribution in [0.4, 0.5) is 0 Å². The van der Waals surface area contributed by atoms with Crippen LogP contribution in [0, 0.1) is 0 Å². The maximum absolute atomic E-state index is 12.8. The fourth-order valence-electron chi connectivity index (χ4n) is 9.66. The highest BCUT2D eigenvalue weighted by Gasteiger charge is 2.19. The van der Waals surface area contributed by atoms with Gasteiger partial charge in [0.2, 0.25) is 0 Å². The molecule has 0 fully saturated rings. The van der Waals surface area contributed by atoms with Crippen LogP contribution in [0.2, 0.25) is 0 Å². The van der Waals surface area contributed by atoms with Gasteiger partial charge in [-0.15, -0.1) is 0 Å². The van der Waals surface area contributed by atoms with Gasteiger partial charge in [-0.3, -0.25) is 14.4 Å². The molecule has 0 rings (SSSR count). The Labute approximate surface area is 466 Å². The molecule has 0 aliphatic carbocycles. The van der Waals surface area contributed by atoms with Crippen molar-refractivity contribution in [1.82, 2.24) is 0 Å². The van der Waals surface area contributed by atoms with Crippen LogP contribution in [0.3, 0.4) is 0 Å². The van der Waals surface area contributed by atoms with Gasteiger partial charge in [-0.05, 0) is 57.8 Å². The average molecular weight is 1050 g/mol. The van der Waals surface area contributed by atoms with Crippen LogP contribution in [0.5, 0.6) is 0 Å². The number of allylic oxidation sites excluding steroid dienone is 10. The van der Waals surface area contributed by atoms with Crippen LogP contribution in [-0.4, -0.2) is 37.2 Å². The summed E-state index contributed by atoms with van der Waals surface area (Å²) in [6.07, 6.45) is 81.3. The van der Waals surface area contributed by atoms with Crippen molar-refractivity contribution in [3.63, 3.8) is 0 Å². The molecule has 0 amide bonds. The summed E-state index contributed by atoms with van der Waals surface area (Å²) in [7, 11) is 0. The minimum absolute atomic E-state index is 0.0928. The quantitative estimate of drug-likeness (QED) is 0.0261. The van der Waals surface area contributed by atoms with Gasteiger partial charge in [-0.25, -0.2) is 0 Å². The number of unbranched alkanes of at least 4 members (excludes halogenated alkanes) is 39. The number of rotatable bonds is 60. The lowest BCUT2D eigenvalue weighted by atomic mass is 10.0. The Morgan fingerprint density at radius 2 is 0.520 bits per heavy atom. The van der Waals surface area contributed by atoms with E-state index in [0.717, 1.165) is 77.0 Å². The van der Waals surface area contributed by atoms with Crippen molar-refractivity contribution in [3.05, 3.63) is 60.8 Å². The number of ether oxygens (including phenoxy) is 3. The van der Waals surface area contributed by atoms with Crippen molar-refractivity contribution in [2.24, 2.45) is 0 Å². The van der Waals surface area contributed by atoms with E-state index in [1.165, 1.54) is 218 Å². The SMILES string of the molecule is CC/C=C\C/C=C\C/C=C\C/C=C\C/C=C\CCCC(=O)OC(COC(=O)CCCCCCCCCCCC)COC(=O)CCCCCCCCCCCCCCCCCCCCCCCCCCCCCCCC. The number of carbonyl (C=O) groups is 3. The van der Waals surface area contributed by atoms with Gasteiger partial charge < -0.3 is 14.2 Å². The van der Waals surface area contributed by atoms with Gasteiger partial charge in [0.25, 0.3) is 0 Å². The van der Waals surface area contributed by atoms with Crippen LogP contribution in [0.15, 0.2) is 60.8 Å². The normalized spacial score (nSPS) is 12.4. The molecular formula is C69H124O6. The smallest absolute Gasteiger partial charge is 0.306 e. The topological polar surface area (TPSA) is 78.9 Å². The minimum Gasteiger partial charge on any atom is -0.462 e. The third-order valence-electron chi connectivity index (χ3n) is 14.5. The van der Waals surface area contributed by atoms with E-state index in [1.54, 1.807) is 0 Å². The highest BCUT2D eigenvalue weighted by Crippen LogP contribution is 2.18. The molecule has 6 nitrogen and oxygen atoms in total. The minimum atomic E-state index is -0.801. The molecule has 0 bridgehead atoms. The molecule has 0 aromatic carbocycles. The number of hydrogen-bond donors (Lipinski definition) is 0. The molecule has 1 unspecified atom stereocenters. The number of carbonyl (C=O) groups excluding carboxylic acids is 3. The molecular weight excluding hydrogens is 925 g/mol. The van der Waals surface area contributed by atoms with Gasteiger partial charge in [0.15, 0.2) is 6.10 Å². The first-order valence-corrected chi connectivity index (χ1v) is 32.8. The Morgan fingerprint density at radius 1 is 0.280 bits per heavy atom. The van der Waals surface area contributed by atoms with E-state index < -0.39 is 6.10 Å². The van der Waals surface area contributed by atoms with Crippen LogP contribution in [0.25, 0.3) is 0 Å². The first kappa shape index (κ1) is 72.1. The van der Waals surface area contributed by atoms with Crippen LogP contribution in [-0.2, 0) is 28.6 Å². The molecule has 0 N–H and O–H groups in total. The van der Waals surface area contributed by atoms with Gasteiger partial charge in [-0.2, -0.15) is 0 Å². The highest BCUT2D eigenvalue weighted by atomic mass is 16.6. The Hall–Kier alpha value is -2.89. The molecule has 6 heteroatoms. The van der Waals surface area contributed by atoms with Crippen LogP contribution >= 0.6 is 0 Å². The lowest BCUT2D eigenvalue weighted by molar-refractivity contribution is -0.167. The molecule has 0 aromatic rings. The van der Waals surface area contributed by atoms with Crippen molar-refractivity contribution in [2.45, 2.75) is 348 Å². The van der Waals surface area contributed by atoms with Gasteiger partial charge >= 0.3 is 17.9 Å². The number of esters is 3. The monoisotopic (exact) mass is 1050 g/mol. The first-order chi connectivity index (χ1) is 37.0. The standard InChI is InChI=1S/C69H124O6/c1-4-7-10-13-16-19-22-24-26-28-29-30-31-32-33-34-35-36-37-38-39-40-42-43-45-47-50-53-56-59-62-68(71)74-65-66(64-73-67(70)61-58-55-52-49-21-18-15-12-9-6-3)75-69(72)63-60-57-54-51-48-46-44-41-27-25-23-20-17-14-11-8-5-2/h8,11,17,20,25,27,44,46,51,54,66H,4-7,9-10,12-16,18-19,21-24,26,28-43,45,47-50,52-53,55-65H2,1-3H3/b11-8-,20-17-,27-25-,46-44-,54-51-. The zero-order chi connectivity index (χ0) is 54.3. The van der Waals surface area contributed by atoms with Crippen molar-refractivity contribution < 1.29 is 28.6 Å². The van der Waals surface area contributed by atoms with E-state index in [1.807, 2.05) is 0 Å². The van der Waals surface area contributed by atoms with Gasteiger partial charge in [0.05, 0.1) is 0 Å². The zero-order valence-electron chi connectivity index (χ0n) is 50.1. The van der Waals surface area contributed by atoms with E-state index in [4.69, 9.17) is 14.2 Å². The van der Waals surface area contributed by atoms with E-state index in [0.29, 0.717) is 19.3 Å². The van der Waals surface area contributed by atoms with Crippen molar-refractivity contribution >= 4 is 17.9 Å². The maximum atomic E-state index is 12.8. The second-order valence-electron chi connectivity index (χ2n) is 22.0. The molecule has 436 valence electrons. The van der Waals surface area contributed by atoms with E-state index in [2.05, 4.69) is 81.5 Å². The van der Waals surface area contributed by atoms with E-state index in [-0.39, 0.29) is 37.5 Å². The molecule has 75 heavy (non-hydrogen) atoms. The number of hydrogen-bond acceptors (Lipinski definition) is 6. The molecule has 0 radical (unpaired) electrons. The maximum Gasteiger partial charge on any atom is 0.306 e. The molecule has 0 saturated heterocycles. The molecule has 0 spiro atoms. The van der Waals surface area contributed by atoms with Gasteiger partial charge in [0.1, 0.15) is 13.2 Å². The Kier molecular flexibility index (Phi) is 61.2. The molecule has 1 atom stereocenters. The third kappa shape index (κ3) is 61.8. The second kappa shape index (κ2) is 63.6. The zero-order valence-corrected chi connectivity index (χ0v) is 50.1. The fraction of sp³-hybridized carbons (Fsp3) is 0.812. The van der Waals surface area contributed by atoms with Crippen molar-refractivity contribution in [1.29, 1.82) is 0 Å². The molecule has 0 saturated carbocycles. The average Bonchev–Trinajstić information content (AvgIpc) is 3.41. The summed E-state index contributed by atoms with van der Waals surface area (Å²) in [5.41, 5.74) is 0. The summed E-state index contributed by atoms with van der Waals surface area (Å²) in [5, 5.41) is 0. The summed E-state index contributed by atoms with van der Waals surface area (Å²) in [4.78, 5) is 38.1. The lowest BCUT2D eigenvalue weighted by Crippen LogP contribution is -2.30. The van der Waals surface area contributed by atoms with Crippen LogP contribution in [0.1, 0.15) is 342 Å². The summed E-state index contributed by atoms with van der Waals surface area (Å²) in [6, 6.07) is 0. The summed E-state index contributed by atoms with van der Waals surface area (Å²) >= 11 is 0. The fourth-order valence-corrected chi connectivity index (χ4v) is 9.66.